The number of ether oxygens (including phenoxy) is 1. The van der Waals surface area contributed by atoms with E-state index in [1.54, 1.807) is 42.5 Å². The van der Waals surface area contributed by atoms with Gasteiger partial charge in [0.25, 0.3) is 11.6 Å². The molecule has 30 heavy (non-hydrogen) atoms. The molecule has 0 spiro atoms. The highest BCUT2D eigenvalue weighted by molar-refractivity contribution is 6.36. The summed E-state index contributed by atoms with van der Waals surface area (Å²) in [7, 11) is 0. The molecule has 3 aromatic rings. The van der Waals surface area contributed by atoms with Crippen LogP contribution in [-0.4, -0.2) is 17.0 Å². The van der Waals surface area contributed by atoms with Gasteiger partial charge < -0.3 is 4.74 Å². The number of hydrogen-bond donors (Lipinski definition) is 1. The maximum absolute atomic E-state index is 12.2. The highest BCUT2D eigenvalue weighted by Crippen LogP contribution is 2.21. The molecular weight excluding hydrogens is 429 g/mol. The van der Waals surface area contributed by atoms with E-state index in [-0.39, 0.29) is 22.9 Å². The van der Waals surface area contributed by atoms with E-state index in [0.717, 1.165) is 5.56 Å². The maximum atomic E-state index is 12.2. The van der Waals surface area contributed by atoms with Crippen molar-refractivity contribution in [1.29, 1.82) is 0 Å². The number of non-ortho nitro benzene ring substituents is 1. The van der Waals surface area contributed by atoms with Gasteiger partial charge in [-0.05, 0) is 48.0 Å². The van der Waals surface area contributed by atoms with Crippen molar-refractivity contribution in [3.05, 3.63) is 104 Å². The van der Waals surface area contributed by atoms with Crippen LogP contribution < -0.4 is 10.2 Å². The number of rotatable bonds is 7. The molecule has 9 heteroatoms. The molecule has 152 valence electrons. The van der Waals surface area contributed by atoms with Crippen molar-refractivity contribution < 1.29 is 14.5 Å². The topological polar surface area (TPSA) is 93.8 Å². The second kappa shape index (κ2) is 9.87. The van der Waals surface area contributed by atoms with Crippen molar-refractivity contribution >= 4 is 41.0 Å². The molecule has 3 rings (SSSR count). The summed E-state index contributed by atoms with van der Waals surface area (Å²) in [4.78, 5) is 22.5. The van der Waals surface area contributed by atoms with Gasteiger partial charge >= 0.3 is 0 Å². The van der Waals surface area contributed by atoms with Crippen LogP contribution in [0.4, 0.5) is 5.69 Å². The average Bonchev–Trinajstić information content (AvgIpc) is 2.73. The van der Waals surface area contributed by atoms with Crippen molar-refractivity contribution in [3.8, 4) is 5.75 Å². The van der Waals surface area contributed by atoms with Gasteiger partial charge in [0.2, 0.25) is 0 Å². The number of carbonyl (C=O) groups excluding carboxylic acids is 1. The minimum Gasteiger partial charge on any atom is -0.488 e. The number of amides is 1. The normalized spacial score (nSPS) is 10.7. The molecule has 0 aliphatic carbocycles. The summed E-state index contributed by atoms with van der Waals surface area (Å²) in [6.07, 6.45) is 1.45. The number of nitrogens with one attached hydrogen (secondary N) is 1. The third kappa shape index (κ3) is 5.56. The van der Waals surface area contributed by atoms with Gasteiger partial charge in [-0.2, -0.15) is 5.10 Å². The molecule has 0 saturated heterocycles. The molecule has 0 aromatic heterocycles. The molecule has 0 radical (unpaired) electrons. The zero-order chi connectivity index (χ0) is 21.5. The quantitative estimate of drug-likeness (QED) is 0.306. The molecule has 0 saturated carbocycles. The number of hydrogen-bond acceptors (Lipinski definition) is 5. The Morgan fingerprint density at radius 2 is 1.83 bits per heavy atom. The summed E-state index contributed by atoms with van der Waals surface area (Å²) < 4.78 is 5.79. The van der Waals surface area contributed by atoms with E-state index in [0.29, 0.717) is 16.3 Å². The lowest BCUT2D eigenvalue weighted by Crippen LogP contribution is -2.18. The predicted octanol–water partition coefficient (Wildman–Crippen LogP) is 5.24. The van der Waals surface area contributed by atoms with Crippen LogP contribution >= 0.6 is 23.2 Å². The Morgan fingerprint density at radius 3 is 2.53 bits per heavy atom. The fourth-order valence-electron chi connectivity index (χ4n) is 2.49. The number of halogens is 2. The predicted molar refractivity (Wildman–Crippen MR) is 115 cm³/mol. The fourth-order valence-corrected chi connectivity index (χ4v) is 2.98. The number of nitrogens with zero attached hydrogens (tertiary/aromatic N) is 2. The fraction of sp³-hybridized carbons (Fsp3) is 0.0476. The zero-order valence-corrected chi connectivity index (χ0v) is 16.9. The van der Waals surface area contributed by atoms with Crippen molar-refractivity contribution in [2.24, 2.45) is 5.10 Å². The van der Waals surface area contributed by atoms with Crippen molar-refractivity contribution in [3.63, 3.8) is 0 Å². The monoisotopic (exact) mass is 443 g/mol. The molecule has 0 fully saturated rings. The minimum atomic E-state index is -0.475. The third-order valence-electron chi connectivity index (χ3n) is 4.01. The zero-order valence-electron chi connectivity index (χ0n) is 15.4. The summed E-state index contributed by atoms with van der Waals surface area (Å²) in [5.74, 6) is 0.0653. The maximum Gasteiger partial charge on any atom is 0.272 e. The van der Waals surface area contributed by atoms with Crippen LogP contribution in [-0.2, 0) is 6.61 Å². The Bertz CT molecular complexity index is 1100. The standard InChI is InChI=1S/C21H15Cl2N3O4/c22-16-7-10-18(19(23)11-16)21(27)25-24-12-15-3-1-2-4-20(15)30-13-14-5-8-17(9-6-14)26(28)29/h1-12H,13H2,(H,25,27)/b24-12+. The average molecular weight is 444 g/mol. The van der Waals surface area contributed by atoms with E-state index >= 15 is 0 Å². The second-order valence-electron chi connectivity index (χ2n) is 6.07. The van der Waals surface area contributed by atoms with Crippen LogP contribution in [0.1, 0.15) is 21.5 Å². The van der Waals surface area contributed by atoms with Gasteiger partial charge in [-0.15, -0.1) is 0 Å². The van der Waals surface area contributed by atoms with Crippen LogP contribution in [0, 0.1) is 10.1 Å². The number of hydrazone groups is 1. The number of nitro groups is 1. The van der Waals surface area contributed by atoms with Crippen LogP contribution in [0.2, 0.25) is 10.0 Å². The summed E-state index contributed by atoms with van der Waals surface area (Å²) >= 11 is 11.8. The van der Waals surface area contributed by atoms with Crippen LogP contribution in [0.25, 0.3) is 0 Å². The Kier molecular flexibility index (Phi) is 7.00. The van der Waals surface area contributed by atoms with Gasteiger partial charge in [-0.25, -0.2) is 5.43 Å². The van der Waals surface area contributed by atoms with Crippen LogP contribution in [0.5, 0.6) is 5.75 Å². The molecule has 0 aliphatic heterocycles. The SMILES string of the molecule is O=C(N/N=C/c1ccccc1OCc1ccc([N+](=O)[O-])cc1)c1ccc(Cl)cc1Cl. The Labute approximate surface area is 182 Å². The van der Waals surface area contributed by atoms with Crippen LogP contribution in [0.3, 0.4) is 0 Å². The molecule has 1 amide bonds. The van der Waals surface area contributed by atoms with Gasteiger partial charge in [0, 0.05) is 22.7 Å². The summed E-state index contributed by atoms with van der Waals surface area (Å²) in [6.45, 7) is 0.218. The lowest BCUT2D eigenvalue weighted by molar-refractivity contribution is -0.384. The first kappa shape index (κ1) is 21.3. The number of nitro benzene ring substituents is 1. The van der Waals surface area contributed by atoms with E-state index in [2.05, 4.69) is 10.5 Å². The molecule has 0 aliphatic rings. The van der Waals surface area contributed by atoms with E-state index in [9.17, 15) is 14.9 Å². The largest absolute Gasteiger partial charge is 0.488 e. The summed E-state index contributed by atoms with van der Waals surface area (Å²) in [6, 6.07) is 17.8. The molecule has 0 heterocycles. The minimum absolute atomic E-state index is 0.0165. The summed E-state index contributed by atoms with van der Waals surface area (Å²) in [5.41, 5.74) is 4.09. The van der Waals surface area contributed by atoms with Crippen molar-refractivity contribution in [2.45, 2.75) is 6.61 Å². The first-order valence-corrected chi connectivity index (χ1v) is 9.43. The molecule has 0 atom stereocenters. The molecular formula is C21H15Cl2N3O4. The van der Waals surface area contributed by atoms with Crippen molar-refractivity contribution in [2.75, 3.05) is 0 Å². The first-order chi connectivity index (χ1) is 14.4. The molecule has 7 nitrogen and oxygen atoms in total. The van der Waals surface area contributed by atoms with E-state index in [1.807, 2.05) is 0 Å². The lowest BCUT2D eigenvalue weighted by Gasteiger charge is -2.09. The number of carbonyl (C=O) groups is 1. The van der Waals surface area contributed by atoms with Crippen molar-refractivity contribution in [1.82, 2.24) is 5.43 Å². The van der Waals surface area contributed by atoms with E-state index in [4.69, 9.17) is 27.9 Å². The van der Waals surface area contributed by atoms with E-state index in [1.165, 1.54) is 30.5 Å². The van der Waals surface area contributed by atoms with E-state index < -0.39 is 10.8 Å². The smallest absolute Gasteiger partial charge is 0.272 e. The lowest BCUT2D eigenvalue weighted by atomic mass is 10.2. The van der Waals surface area contributed by atoms with Gasteiger partial charge in [-0.3, -0.25) is 14.9 Å². The molecule has 0 bridgehead atoms. The summed E-state index contributed by atoms with van der Waals surface area (Å²) in [5, 5.41) is 15.3. The first-order valence-electron chi connectivity index (χ1n) is 8.67. The Morgan fingerprint density at radius 1 is 1.10 bits per heavy atom. The molecule has 3 aromatic carbocycles. The number of para-hydroxylation sites is 1. The van der Waals surface area contributed by atoms with Gasteiger partial charge in [-0.1, -0.05) is 35.3 Å². The Balaban J connectivity index is 1.64. The third-order valence-corrected chi connectivity index (χ3v) is 4.55. The number of benzene rings is 3. The van der Waals surface area contributed by atoms with Gasteiger partial charge in [0.1, 0.15) is 12.4 Å². The highest BCUT2D eigenvalue weighted by atomic mass is 35.5. The van der Waals surface area contributed by atoms with Gasteiger partial charge in [0.15, 0.2) is 0 Å². The van der Waals surface area contributed by atoms with Crippen LogP contribution in [0.15, 0.2) is 71.8 Å². The Hall–Kier alpha value is -3.42. The second-order valence-corrected chi connectivity index (χ2v) is 6.92. The molecule has 1 N–H and O–H groups in total. The highest BCUT2D eigenvalue weighted by Gasteiger charge is 2.10. The van der Waals surface area contributed by atoms with Gasteiger partial charge in [0.05, 0.1) is 21.7 Å². The molecule has 0 unspecified atom stereocenters.